The van der Waals surface area contributed by atoms with Gasteiger partial charge in [0.2, 0.25) is 15.9 Å². The van der Waals surface area contributed by atoms with Crippen LogP contribution in [0.15, 0.2) is 59.6 Å². The molecule has 14 heteroatoms. The average molecular weight is 485 g/mol. The van der Waals surface area contributed by atoms with Crippen LogP contribution in [0.1, 0.15) is 11.4 Å². The molecule has 1 aromatic carbocycles. The molecule has 0 unspecified atom stereocenters. The second-order valence-corrected chi connectivity index (χ2v) is 8.56. The molecule has 0 spiro atoms. The highest BCUT2D eigenvalue weighted by molar-refractivity contribution is 7.89. The third-order valence-electron chi connectivity index (χ3n) is 4.42. The van der Waals surface area contributed by atoms with Gasteiger partial charge in [-0.05, 0) is 18.2 Å². The van der Waals surface area contributed by atoms with Crippen molar-refractivity contribution < 1.29 is 36.2 Å². The van der Waals surface area contributed by atoms with Crippen molar-refractivity contribution in [2.24, 2.45) is 0 Å². The molecule has 0 bridgehead atoms. The Kier molecular flexibility index (Phi) is 7.28. The smallest absolute Gasteiger partial charge is 0.475 e. The van der Waals surface area contributed by atoms with Gasteiger partial charge in [0.1, 0.15) is 12.3 Å². The SMILES string of the molecule is O=C(O)C(F)(F)F.O=S(=O)(c1ccccc1)N1CCn2nnc(COc3ccccn3)c2C1. The molecular weight excluding hydrogens is 467 g/mol. The number of aliphatic carboxylic acids is 1. The summed E-state index contributed by atoms with van der Waals surface area (Å²) in [6.07, 6.45) is -3.44. The van der Waals surface area contributed by atoms with Crippen LogP contribution in [0.2, 0.25) is 0 Å². The molecule has 1 aliphatic heterocycles. The van der Waals surface area contributed by atoms with E-state index in [1.807, 2.05) is 6.07 Å². The molecule has 3 heterocycles. The molecule has 2 aromatic heterocycles. The third-order valence-corrected chi connectivity index (χ3v) is 6.28. The fourth-order valence-corrected chi connectivity index (χ4v) is 4.22. The lowest BCUT2D eigenvalue weighted by atomic mass is 10.3. The molecule has 3 aromatic rings. The van der Waals surface area contributed by atoms with Crippen LogP contribution in [0.5, 0.6) is 5.88 Å². The summed E-state index contributed by atoms with van der Waals surface area (Å²) in [7, 11) is -3.56. The summed E-state index contributed by atoms with van der Waals surface area (Å²) < 4.78 is 66.2. The van der Waals surface area contributed by atoms with Gasteiger partial charge in [-0.2, -0.15) is 17.5 Å². The van der Waals surface area contributed by atoms with Crippen molar-refractivity contribution in [2.75, 3.05) is 6.54 Å². The molecule has 0 saturated heterocycles. The van der Waals surface area contributed by atoms with E-state index >= 15 is 0 Å². The molecule has 0 fully saturated rings. The zero-order valence-electron chi connectivity index (χ0n) is 16.9. The van der Waals surface area contributed by atoms with Crippen LogP contribution in [0, 0.1) is 0 Å². The van der Waals surface area contributed by atoms with Gasteiger partial charge in [0.15, 0.2) is 0 Å². The number of hydrogen-bond acceptors (Lipinski definition) is 7. The summed E-state index contributed by atoms with van der Waals surface area (Å²) in [5, 5.41) is 15.4. The van der Waals surface area contributed by atoms with Gasteiger partial charge in [0, 0.05) is 18.8 Å². The number of carboxylic acids is 1. The predicted molar refractivity (Wildman–Crippen MR) is 106 cm³/mol. The summed E-state index contributed by atoms with van der Waals surface area (Å²) in [6, 6.07) is 13.8. The van der Waals surface area contributed by atoms with E-state index in [-0.39, 0.29) is 18.0 Å². The Morgan fingerprint density at radius 3 is 2.36 bits per heavy atom. The minimum absolute atomic E-state index is 0.186. The summed E-state index contributed by atoms with van der Waals surface area (Å²) in [4.78, 5) is 13.3. The lowest BCUT2D eigenvalue weighted by Crippen LogP contribution is -2.38. The van der Waals surface area contributed by atoms with E-state index in [1.165, 1.54) is 4.31 Å². The molecule has 33 heavy (non-hydrogen) atoms. The number of hydrogen-bond donors (Lipinski definition) is 1. The fraction of sp³-hybridized carbons (Fsp3) is 0.263. The van der Waals surface area contributed by atoms with Crippen LogP contribution in [0.4, 0.5) is 13.2 Å². The Bertz CT molecular complexity index is 1190. The number of benzene rings is 1. The molecule has 0 amide bonds. The first-order valence-electron chi connectivity index (χ1n) is 9.39. The van der Waals surface area contributed by atoms with E-state index in [0.29, 0.717) is 24.7 Å². The van der Waals surface area contributed by atoms with Gasteiger partial charge in [0.05, 0.1) is 23.7 Å². The number of nitrogens with zero attached hydrogens (tertiary/aromatic N) is 5. The van der Waals surface area contributed by atoms with Gasteiger partial charge < -0.3 is 9.84 Å². The zero-order chi connectivity index (χ0) is 24.1. The standard InChI is InChI=1S/C17H17N5O3S.C2HF3O2/c23-26(24,14-6-2-1-3-7-14)21-10-11-22-16(12-21)15(19-20-22)13-25-17-8-4-5-9-18-17;3-2(4,5)1(6)7/h1-9H,10-13H2;(H,6,7). The van der Waals surface area contributed by atoms with Crippen molar-refractivity contribution in [1.82, 2.24) is 24.3 Å². The molecule has 1 aliphatic rings. The normalized spacial score (nSPS) is 14.0. The third kappa shape index (κ3) is 6.04. The number of aromatic nitrogens is 4. The van der Waals surface area contributed by atoms with Gasteiger partial charge in [-0.1, -0.05) is 29.5 Å². The summed E-state index contributed by atoms with van der Waals surface area (Å²) in [6.45, 7) is 1.21. The molecule has 176 valence electrons. The Labute approximate surface area is 186 Å². The Morgan fingerprint density at radius 1 is 1.09 bits per heavy atom. The maximum atomic E-state index is 12.8. The maximum absolute atomic E-state index is 12.8. The molecule has 0 radical (unpaired) electrons. The van der Waals surface area contributed by atoms with E-state index in [1.54, 1.807) is 53.3 Å². The van der Waals surface area contributed by atoms with Gasteiger partial charge in [0.25, 0.3) is 0 Å². The lowest BCUT2D eigenvalue weighted by Gasteiger charge is -2.27. The monoisotopic (exact) mass is 485 g/mol. The van der Waals surface area contributed by atoms with Gasteiger partial charge in [-0.25, -0.2) is 22.9 Å². The largest absolute Gasteiger partial charge is 0.490 e. The first-order chi connectivity index (χ1) is 15.6. The van der Waals surface area contributed by atoms with Gasteiger partial charge in [-0.15, -0.1) is 5.10 Å². The molecule has 0 aliphatic carbocycles. The van der Waals surface area contributed by atoms with Crippen molar-refractivity contribution in [3.05, 3.63) is 66.1 Å². The van der Waals surface area contributed by atoms with Crippen molar-refractivity contribution in [1.29, 1.82) is 0 Å². The number of halogens is 3. The second-order valence-electron chi connectivity index (χ2n) is 6.62. The van der Waals surface area contributed by atoms with Crippen LogP contribution in [0.25, 0.3) is 0 Å². The number of alkyl halides is 3. The highest BCUT2D eigenvalue weighted by Gasteiger charge is 2.38. The number of pyridine rings is 1. The molecular formula is C19H18F3N5O5S. The number of ether oxygens (including phenoxy) is 1. The van der Waals surface area contributed by atoms with Crippen molar-refractivity contribution in [2.45, 2.75) is 30.8 Å². The summed E-state index contributed by atoms with van der Waals surface area (Å²) >= 11 is 0. The average Bonchev–Trinajstić information content (AvgIpc) is 3.21. The van der Waals surface area contributed by atoms with E-state index in [4.69, 9.17) is 14.6 Å². The van der Waals surface area contributed by atoms with E-state index in [9.17, 15) is 21.6 Å². The van der Waals surface area contributed by atoms with Crippen LogP contribution >= 0.6 is 0 Å². The highest BCUT2D eigenvalue weighted by Crippen LogP contribution is 2.23. The van der Waals surface area contributed by atoms with Crippen LogP contribution < -0.4 is 4.74 Å². The van der Waals surface area contributed by atoms with E-state index in [0.717, 1.165) is 5.69 Å². The Hall–Kier alpha value is -3.52. The van der Waals surface area contributed by atoms with E-state index in [2.05, 4.69) is 15.3 Å². The summed E-state index contributed by atoms with van der Waals surface area (Å²) in [5.74, 6) is -2.27. The quantitative estimate of drug-likeness (QED) is 0.582. The first kappa shape index (κ1) is 24.1. The fourth-order valence-electron chi connectivity index (χ4n) is 2.81. The summed E-state index contributed by atoms with van der Waals surface area (Å²) in [5.41, 5.74) is 1.36. The predicted octanol–water partition coefficient (Wildman–Crippen LogP) is 2.09. The minimum atomic E-state index is -5.08. The van der Waals surface area contributed by atoms with Crippen molar-refractivity contribution in [3.8, 4) is 5.88 Å². The first-order valence-corrected chi connectivity index (χ1v) is 10.8. The molecule has 0 atom stereocenters. The second kappa shape index (κ2) is 9.95. The van der Waals surface area contributed by atoms with Crippen molar-refractivity contribution >= 4 is 16.0 Å². The van der Waals surface area contributed by atoms with Crippen molar-refractivity contribution in [3.63, 3.8) is 0 Å². The maximum Gasteiger partial charge on any atom is 0.490 e. The molecule has 10 nitrogen and oxygen atoms in total. The highest BCUT2D eigenvalue weighted by atomic mass is 32.2. The van der Waals surface area contributed by atoms with E-state index < -0.39 is 22.2 Å². The minimum Gasteiger partial charge on any atom is -0.475 e. The number of carboxylic acid groups (broad SMARTS) is 1. The molecule has 4 rings (SSSR count). The zero-order valence-corrected chi connectivity index (χ0v) is 17.7. The van der Waals surface area contributed by atoms with Crippen LogP contribution in [-0.4, -0.2) is 56.5 Å². The lowest BCUT2D eigenvalue weighted by molar-refractivity contribution is -0.192. The Balaban J connectivity index is 0.000000383. The number of fused-ring (bicyclic) bond motifs is 1. The number of rotatable bonds is 5. The van der Waals surface area contributed by atoms with Gasteiger partial charge in [-0.3, -0.25) is 0 Å². The number of sulfonamides is 1. The van der Waals surface area contributed by atoms with Gasteiger partial charge >= 0.3 is 12.1 Å². The molecule has 0 saturated carbocycles. The Morgan fingerprint density at radius 2 is 1.76 bits per heavy atom. The topological polar surface area (TPSA) is 128 Å². The molecule has 1 N–H and O–H groups in total. The number of carbonyl (C=O) groups is 1. The van der Waals surface area contributed by atoms with Crippen LogP contribution in [-0.2, 0) is 34.5 Å². The van der Waals surface area contributed by atoms with Crippen LogP contribution in [0.3, 0.4) is 0 Å².